The van der Waals surface area contributed by atoms with Crippen molar-refractivity contribution in [1.29, 1.82) is 0 Å². The van der Waals surface area contributed by atoms with Gasteiger partial charge in [0, 0.05) is 11.8 Å². The molecule has 0 spiro atoms. The van der Waals surface area contributed by atoms with Crippen LogP contribution < -0.4 is 0 Å². The third-order valence-corrected chi connectivity index (χ3v) is 3.75. The summed E-state index contributed by atoms with van der Waals surface area (Å²) in [7, 11) is 0. The first-order valence-electron chi connectivity index (χ1n) is 7.38. The summed E-state index contributed by atoms with van der Waals surface area (Å²) in [6.07, 6.45) is 1.74. The van der Waals surface area contributed by atoms with Crippen molar-refractivity contribution in [2.75, 3.05) is 0 Å². The fourth-order valence-electron chi connectivity index (χ4n) is 2.61. The first-order chi connectivity index (χ1) is 11.7. The molecule has 2 amide bonds. The second kappa shape index (κ2) is 5.65. The topological polar surface area (TPSA) is 90.1 Å². The zero-order valence-corrected chi connectivity index (χ0v) is 12.5. The summed E-state index contributed by atoms with van der Waals surface area (Å²) in [4.78, 5) is 23.5. The predicted octanol–water partition coefficient (Wildman–Crippen LogP) is 2.28. The number of rotatable bonds is 3. The van der Waals surface area contributed by atoms with Crippen LogP contribution in [0.15, 0.2) is 63.1 Å². The summed E-state index contributed by atoms with van der Waals surface area (Å²) in [5.41, 5.74) is 1.50. The van der Waals surface area contributed by atoms with Gasteiger partial charge in [0.2, 0.25) is 0 Å². The van der Waals surface area contributed by atoms with Crippen molar-refractivity contribution < 1.29 is 9.59 Å². The van der Waals surface area contributed by atoms with Crippen molar-refractivity contribution in [3.8, 4) is 0 Å². The molecule has 0 unspecified atom stereocenters. The molecule has 0 aliphatic carbocycles. The number of nitrogens with zero attached hydrogens (tertiary/aromatic N) is 6. The minimum atomic E-state index is -0.308. The molecule has 24 heavy (non-hydrogen) atoms. The largest absolute Gasteiger partial charge is 0.272 e. The number of hydrazone groups is 2. The Kier molecular flexibility index (Phi) is 3.34. The van der Waals surface area contributed by atoms with E-state index in [0.717, 1.165) is 26.6 Å². The lowest BCUT2D eigenvalue weighted by atomic mass is 10.00. The van der Waals surface area contributed by atoms with Gasteiger partial charge in [-0.15, -0.1) is 5.10 Å². The number of amides is 2. The van der Waals surface area contributed by atoms with Crippen LogP contribution in [0.4, 0.5) is 0 Å². The van der Waals surface area contributed by atoms with Gasteiger partial charge in [0.05, 0.1) is 18.6 Å². The summed E-state index contributed by atoms with van der Waals surface area (Å²) in [6, 6.07) is 13.7. The highest BCUT2D eigenvalue weighted by molar-refractivity contribution is 6.18. The van der Waals surface area contributed by atoms with E-state index in [9.17, 15) is 9.59 Å². The molecular formula is C16H12N6O2. The molecule has 0 fully saturated rings. The first kappa shape index (κ1) is 14.2. The van der Waals surface area contributed by atoms with Crippen molar-refractivity contribution in [3.63, 3.8) is 0 Å². The molecule has 0 saturated heterocycles. The summed E-state index contributed by atoms with van der Waals surface area (Å²) in [6.45, 7) is 0. The van der Waals surface area contributed by atoms with Crippen molar-refractivity contribution >= 4 is 34.5 Å². The number of hydrogen-bond acceptors (Lipinski definition) is 6. The minimum absolute atomic E-state index is 0.129. The molecular weight excluding hydrogens is 308 g/mol. The van der Waals surface area contributed by atoms with Gasteiger partial charge in [0.25, 0.3) is 11.8 Å². The van der Waals surface area contributed by atoms with Gasteiger partial charge in [-0.2, -0.15) is 5.10 Å². The summed E-state index contributed by atoms with van der Waals surface area (Å²) in [5.74, 6) is -0.610. The fourth-order valence-corrected chi connectivity index (χ4v) is 2.61. The summed E-state index contributed by atoms with van der Waals surface area (Å²) < 4.78 is 0. The second-order valence-corrected chi connectivity index (χ2v) is 5.30. The molecule has 2 aliphatic heterocycles. The van der Waals surface area contributed by atoms with E-state index in [2.05, 4.69) is 20.6 Å². The van der Waals surface area contributed by atoms with Gasteiger partial charge in [-0.3, -0.25) is 9.59 Å². The lowest BCUT2D eigenvalue weighted by Gasteiger charge is -2.05. The number of carbonyl (C=O) groups is 2. The van der Waals surface area contributed by atoms with E-state index in [4.69, 9.17) is 0 Å². The molecule has 0 radical (unpaired) electrons. The third-order valence-electron chi connectivity index (χ3n) is 3.75. The zero-order chi connectivity index (χ0) is 16.5. The van der Waals surface area contributed by atoms with Crippen LogP contribution in [-0.4, -0.2) is 34.0 Å². The Morgan fingerprint density at radius 1 is 0.917 bits per heavy atom. The van der Waals surface area contributed by atoms with E-state index in [1.165, 1.54) is 6.21 Å². The van der Waals surface area contributed by atoms with Crippen molar-refractivity contribution in [2.24, 2.45) is 20.6 Å². The Hall–Kier alpha value is -3.42. The van der Waals surface area contributed by atoms with Gasteiger partial charge in [-0.1, -0.05) is 52.7 Å². The molecule has 0 atom stereocenters. The maximum Gasteiger partial charge on any atom is 0.272 e. The van der Waals surface area contributed by atoms with Crippen LogP contribution in [-0.2, 0) is 9.59 Å². The highest BCUT2D eigenvalue weighted by Gasteiger charge is 2.27. The van der Waals surface area contributed by atoms with Crippen molar-refractivity contribution in [2.45, 2.75) is 12.8 Å². The normalized spacial score (nSPS) is 17.6. The van der Waals surface area contributed by atoms with E-state index < -0.39 is 0 Å². The van der Waals surface area contributed by atoms with Gasteiger partial charge in [0.1, 0.15) is 0 Å². The number of carbonyl (C=O) groups excluding carboxylic acids is 2. The third kappa shape index (κ3) is 2.43. The number of fused-ring (bicyclic) bond motifs is 1. The van der Waals surface area contributed by atoms with Gasteiger partial charge in [0.15, 0.2) is 0 Å². The van der Waals surface area contributed by atoms with Gasteiger partial charge in [-0.05, 0) is 21.2 Å². The van der Waals surface area contributed by atoms with E-state index in [1.807, 2.05) is 42.5 Å². The van der Waals surface area contributed by atoms with Crippen LogP contribution in [0, 0.1) is 0 Å². The van der Waals surface area contributed by atoms with Crippen LogP contribution in [0.5, 0.6) is 0 Å². The van der Waals surface area contributed by atoms with E-state index in [1.54, 1.807) is 0 Å². The lowest BCUT2D eigenvalue weighted by Crippen LogP contribution is -2.17. The molecule has 0 aromatic heterocycles. The van der Waals surface area contributed by atoms with Crippen LogP contribution >= 0.6 is 0 Å². The van der Waals surface area contributed by atoms with Crippen LogP contribution in [0.2, 0.25) is 0 Å². The molecule has 118 valence electrons. The predicted molar refractivity (Wildman–Crippen MR) is 86.8 cm³/mol. The minimum Gasteiger partial charge on any atom is -0.270 e. The average molecular weight is 320 g/mol. The zero-order valence-electron chi connectivity index (χ0n) is 12.5. The monoisotopic (exact) mass is 320 g/mol. The Balaban J connectivity index is 1.64. The molecule has 0 saturated carbocycles. The van der Waals surface area contributed by atoms with Gasteiger partial charge < -0.3 is 0 Å². The highest BCUT2D eigenvalue weighted by Crippen LogP contribution is 2.23. The summed E-state index contributed by atoms with van der Waals surface area (Å²) >= 11 is 0. The molecule has 8 nitrogen and oxygen atoms in total. The Morgan fingerprint density at radius 3 is 2.54 bits per heavy atom. The van der Waals surface area contributed by atoms with Crippen molar-refractivity contribution in [1.82, 2.24) is 10.2 Å². The van der Waals surface area contributed by atoms with Gasteiger partial charge >= 0.3 is 0 Å². The Bertz CT molecular complexity index is 928. The van der Waals surface area contributed by atoms with Crippen LogP contribution in [0.1, 0.15) is 18.4 Å². The second-order valence-electron chi connectivity index (χ2n) is 5.30. The lowest BCUT2D eigenvalue weighted by molar-refractivity contribution is -0.132. The quantitative estimate of drug-likeness (QED) is 0.812. The molecule has 2 heterocycles. The molecule has 0 bridgehead atoms. The van der Waals surface area contributed by atoms with Crippen molar-refractivity contribution in [3.05, 3.63) is 48.0 Å². The maximum absolute atomic E-state index is 12.1. The number of benzene rings is 2. The Morgan fingerprint density at radius 2 is 1.71 bits per heavy atom. The van der Waals surface area contributed by atoms with E-state index in [0.29, 0.717) is 5.71 Å². The SMILES string of the molecule is O=C1CC=NN1N=NN1N=C(c2cccc3ccccc23)CC1=O. The average Bonchev–Trinajstić information content (AvgIpc) is 3.18. The van der Waals surface area contributed by atoms with Crippen LogP contribution in [0.3, 0.4) is 0 Å². The van der Waals surface area contributed by atoms with E-state index in [-0.39, 0.29) is 24.7 Å². The van der Waals surface area contributed by atoms with E-state index >= 15 is 0 Å². The summed E-state index contributed by atoms with van der Waals surface area (Å²) in [5, 5.41) is 19.1. The maximum atomic E-state index is 12.1. The molecule has 2 aliphatic rings. The molecule has 4 rings (SSSR count). The Labute approximate surface area is 136 Å². The van der Waals surface area contributed by atoms with Crippen LogP contribution in [0.25, 0.3) is 10.8 Å². The fraction of sp³-hybridized carbons (Fsp3) is 0.125. The standard InChI is InChI=1S/C16H12N6O2/c23-15-8-9-17-21(15)19-20-22-16(24)10-14(18-22)13-7-3-5-11-4-1-2-6-12(11)13/h1-7,9H,8,10H2. The highest BCUT2D eigenvalue weighted by atomic mass is 16.2. The molecule has 0 N–H and O–H groups in total. The molecule has 8 heteroatoms. The first-order valence-corrected chi connectivity index (χ1v) is 7.38. The number of hydrogen-bond donors (Lipinski definition) is 0. The van der Waals surface area contributed by atoms with Gasteiger partial charge in [-0.25, -0.2) is 0 Å². The molecule has 2 aromatic carbocycles. The smallest absolute Gasteiger partial charge is 0.270 e. The molecule has 2 aromatic rings.